The second-order valence-electron chi connectivity index (χ2n) is 5.04. The van der Waals surface area contributed by atoms with Gasteiger partial charge in [-0.2, -0.15) is 0 Å². The van der Waals surface area contributed by atoms with E-state index in [-0.39, 0.29) is 0 Å². The summed E-state index contributed by atoms with van der Waals surface area (Å²) in [6.07, 6.45) is 0. The predicted molar refractivity (Wildman–Crippen MR) is 85.4 cm³/mol. The first kappa shape index (κ1) is 14.9. The molecule has 0 amide bonds. The van der Waals surface area contributed by atoms with Crippen molar-refractivity contribution in [3.05, 3.63) is 53.1 Å². The Morgan fingerprint density at radius 2 is 1.90 bits per heavy atom. The molecule has 0 spiro atoms. The summed E-state index contributed by atoms with van der Waals surface area (Å²) in [6, 6.07) is 14.6. The summed E-state index contributed by atoms with van der Waals surface area (Å²) in [7, 11) is 1.68. The van der Waals surface area contributed by atoms with E-state index in [2.05, 4.69) is 31.3 Å². The zero-order chi connectivity index (χ0) is 14.5. The molecule has 0 aliphatic carbocycles. The van der Waals surface area contributed by atoms with Crippen molar-refractivity contribution in [2.45, 2.75) is 26.4 Å². The van der Waals surface area contributed by atoms with E-state index in [1.165, 1.54) is 0 Å². The van der Waals surface area contributed by atoms with Crippen molar-refractivity contribution in [2.24, 2.45) is 0 Å². The molecule has 0 bridgehead atoms. The van der Waals surface area contributed by atoms with Gasteiger partial charge in [-0.15, -0.1) is 0 Å². The quantitative estimate of drug-likeness (QED) is 0.874. The van der Waals surface area contributed by atoms with Crippen LogP contribution in [0.4, 0.5) is 0 Å². The molecule has 0 aliphatic heterocycles. The molecular weight excluding hydrogens is 270 g/mol. The maximum atomic E-state index is 6.38. The number of rotatable bonds is 5. The van der Waals surface area contributed by atoms with Crippen molar-refractivity contribution in [2.75, 3.05) is 7.11 Å². The summed E-state index contributed by atoms with van der Waals surface area (Å²) in [5.74, 6) is 0.858. The summed E-state index contributed by atoms with van der Waals surface area (Å²) in [6.45, 7) is 5.02. The molecule has 1 N–H and O–H groups in total. The molecule has 0 saturated carbocycles. The normalized spacial score (nSPS) is 10.8. The van der Waals surface area contributed by atoms with Crippen LogP contribution >= 0.6 is 11.6 Å². The van der Waals surface area contributed by atoms with Crippen LogP contribution in [-0.4, -0.2) is 13.2 Å². The molecule has 2 aromatic carbocycles. The van der Waals surface area contributed by atoms with Gasteiger partial charge >= 0.3 is 0 Å². The Labute approximate surface area is 125 Å². The Morgan fingerprint density at radius 1 is 1.15 bits per heavy atom. The van der Waals surface area contributed by atoms with E-state index in [1.807, 2.05) is 30.3 Å². The van der Waals surface area contributed by atoms with Gasteiger partial charge in [-0.1, -0.05) is 55.8 Å². The third-order valence-electron chi connectivity index (χ3n) is 3.17. The fourth-order valence-electron chi connectivity index (χ4n) is 2.06. The lowest BCUT2D eigenvalue weighted by Crippen LogP contribution is -2.21. The number of nitrogens with one attached hydrogen (secondary N) is 1. The van der Waals surface area contributed by atoms with Gasteiger partial charge in [0.2, 0.25) is 0 Å². The van der Waals surface area contributed by atoms with Gasteiger partial charge in [0.1, 0.15) is 5.75 Å². The fraction of sp³-hybridized carbons (Fsp3) is 0.294. The highest BCUT2D eigenvalue weighted by molar-refractivity contribution is 6.31. The van der Waals surface area contributed by atoms with Crippen LogP contribution in [0, 0.1) is 0 Å². The second-order valence-corrected chi connectivity index (χ2v) is 5.45. The molecule has 20 heavy (non-hydrogen) atoms. The van der Waals surface area contributed by atoms with E-state index in [1.54, 1.807) is 7.11 Å². The maximum Gasteiger partial charge on any atom is 0.126 e. The first-order chi connectivity index (χ1) is 9.61. The number of hydrogen-bond donors (Lipinski definition) is 1. The minimum absolute atomic E-state index is 0.444. The molecule has 0 atom stereocenters. The van der Waals surface area contributed by atoms with E-state index in [0.29, 0.717) is 6.04 Å². The lowest BCUT2D eigenvalue weighted by atomic mass is 10.0. The number of benzene rings is 2. The van der Waals surface area contributed by atoms with Gasteiger partial charge in [0.25, 0.3) is 0 Å². The van der Waals surface area contributed by atoms with Crippen LogP contribution in [0.1, 0.15) is 19.4 Å². The number of halogens is 1. The monoisotopic (exact) mass is 289 g/mol. The third kappa shape index (κ3) is 3.53. The molecule has 0 saturated heterocycles. The highest BCUT2D eigenvalue weighted by Gasteiger charge is 2.08. The van der Waals surface area contributed by atoms with Crippen molar-refractivity contribution >= 4 is 11.6 Å². The number of hydrogen-bond acceptors (Lipinski definition) is 2. The van der Waals surface area contributed by atoms with E-state index in [0.717, 1.165) is 34.0 Å². The number of para-hydroxylation sites is 1. The molecule has 0 unspecified atom stereocenters. The highest BCUT2D eigenvalue weighted by atomic mass is 35.5. The zero-order valence-electron chi connectivity index (χ0n) is 12.1. The van der Waals surface area contributed by atoms with Crippen LogP contribution < -0.4 is 10.1 Å². The van der Waals surface area contributed by atoms with Crippen LogP contribution in [0.3, 0.4) is 0 Å². The summed E-state index contributed by atoms with van der Waals surface area (Å²) in [4.78, 5) is 0. The van der Waals surface area contributed by atoms with Gasteiger partial charge in [0.05, 0.1) is 7.11 Å². The summed E-state index contributed by atoms with van der Waals surface area (Å²) < 4.78 is 5.39. The minimum Gasteiger partial charge on any atom is -0.496 e. The summed E-state index contributed by atoms with van der Waals surface area (Å²) in [5, 5.41) is 4.15. The van der Waals surface area contributed by atoms with Crippen molar-refractivity contribution in [1.82, 2.24) is 5.32 Å². The average Bonchev–Trinajstić information content (AvgIpc) is 2.45. The van der Waals surface area contributed by atoms with Crippen LogP contribution in [0.2, 0.25) is 5.02 Å². The molecule has 3 heteroatoms. The standard InChI is InChI=1S/C17H20ClNO/c1-12(2)19-11-14-9-8-13(10-16(14)18)15-6-4-5-7-17(15)20-3/h4-10,12,19H,11H2,1-3H3. The number of methoxy groups -OCH3 is 1. The molecule has 106 valence electrons. The zero-order valence-corrected chi connectivity index (χ0v) is 12.9. The van der Waals surface area contributed by atoms with E-state index >= 15 is 0 Å². The fourth-order valence-corrected chi connectivity index (χ4v) is 2.30. The van der Waals surface area contributed by atoms with Gasteiger partial charge in [-0.05, 0) is 23.3 Å². The predicted octanol–water partition coefficient (Wildman–Crippen LogP) is 4.51. The highest BCUT2D eigenvalue weighted by Crippen LogP contribution is 2.32. The topological polar surface area (TPSA) is 21.3 Å². The average molecular weight is 290 g/mol. The van der Waals surface area contributed by atoms with Gasteiger partial charge in [0, 0.05) is 23.2 Å². The Kier molecular flexibility index (Phi) is 5.05. The minimum atomic E-state index is 0.444. The van der Waals surface area contributed by atoms with E-state index in [4.69, 9.17) is 16.3 Å². The van der Waals surface area contributed by atoms with Crippen LogP contribution in [-0.2, 0) is 6.54 Å². The molecule has 0 aromatic heterocycles. The Balaban J connectivity index is 2.28. The second kappa shape index (κ2) is 6.78. The van der Waals surface area contributed by atoms with E-state index in [9.17, 15) is 0 Å². The smallest absolute Gasteiger partial charge is 0.126 e. The molecule has 0 aliphatic rings. The van der Waals surface area contributed by atoms with Gasteiger partial charge < -0.3 is 10.1 Å². The van der Waals surface area contributed by atoms with Crippen LogP contribution in [0.15, 0.2) is 42.5 Å². The largest absolute Gasteiger partial charge is 0.496 e. The molecule has 0 fully saturated rings. The van der Waals surface area contributed by atoms with Gasteiger partial charge in [-0.25, -0.2) is 0 Å². The van der Waals surface area contributed by atoms with Gasteiger partial charge in [-0.3, -0.25) is 0 Å². The van der Waals surface area contributed by atoms with Crippen molar-refractivity contribution < 1.29 is 4.74 Å². The van der Waals surface area contributed by atoms with E-state index < -0.39 is 0 Å². The molecule has 2 aromatic rings. The van der Waals surface area contributed by atoms with Crippen molar-refractivity contribution in [3.8, 4) is 16.9 Å². The Hall–Kier alpha value is -1.51. The van der Waals surface area contributed by atoms with Crippen molar-refractivity contribution in [1.29, 1.82) is 0 Å². The summed E-state index contributed by atoms with van der Waals surface area (Å²) in [5.41, 5.74) is 3.24. The molecule has 2 nitrogen and oxygen atoms in total. The van der Waals surface area contributed by atoms with Crippen molar-refractivity contribution in [3.63, 3.8) is 0 Å². The molecule has 2 rings (SSSR count). The lowest BCUT2D eigenvalue weighted by Gasteiger charge is -2.12. The number of ether oxygens (including phenoxy) is 1. The Bertz CT molecular complexity index is 581. The first-order valence-corrected chi connectivity index (χ1v) is 7.15. The SMILES string of the molecule is COc1ccccc1-c1ccc(CNC(C)C)c(Cl)c1. The van der Waals surface area contributed by atoms with Gasteiger partial charge in [0.15, 0.2) is 0 Å². The molecule has 0 radical (unpaired) electrons. The maximum absolute atomic E-state index is 6.38. The summed E-state index contributed by atoms with van der Waals surface area (Å²) >= 11 is 6.38. The lowest BCUT2D eigenvalue weighted by molar-refractivity contribution is 0.416. The molecular formula is C17H20ClNO. The third-order valence-corrected chi connectivity index (χ3v) is 3.52. The van der Waals surface area contributed by atoms with Crippen LogP contribution in [0.5, 0.6) is 5.75 Å². The van der Waals surface area contributed by atoms with Crippen LogP contribution in [0.25, 0.3) is 11.1 Å². The Morgan fingerprint density at radius 3 is 2.55 bits per heavy atom. The molecule has 0 heterocycles. The first-order valence-electron chi connectivity index (χ1n) is 6.77.